The smallest absolute Gasteiger partial charge is 0.316 e. The normalized spacial score (nSPS) is 10.2. The Morgan fingerprint density at radius 1 is 1.14 bits per heavy atom. The molecule has 6 heteroatoms. The van der Waals surface area contributed by atoms with Crippen LogP contribution in [0.25, 0.3) is 11.1 Å². The second-order valence-electron chi connectivity index (χ2n) is 4.38. The highest BCUT2D eigenvalue weighted by Gasteiger charge is 2.08. The largest absolute Gasteiger partial charge is 0.496 e. The van der Waals surface area contributed by atoms with Crippen LogP contribution in [0.2, 0.25) is 0 Å². The van der Waals surface area contributed by atoms with E-state index in [0.29, 0.717) is 18.2 Å². The van der Waals surface area contributed by atoms with Crippen LogP contribution in [0.5, 0.6) is 11.8 Å². The quantitative estimate of drug-likeness (QED) is 0.877. The van der Waals surface area contributed by atoms with Crippen molar-refractivity contribution in [3.05, 3.63) is 36.2 Å². The molecule has 0 saturated carbocycles. The second kappa shape index (κ2) is 6.69. The second-order valence-corrected chi connectivity index (χ2v) is 4.38. The Labute approximate surface area is 122 Å². The molecule has 2 rings (SSSR count). The fourth-order valence-corrected chi connectivity index (χ4v) is 1.94. The van der Waals surface area contributed by atoms with Crippen molar-refractivity contribution in [2.75, 3.05) is 14.2 Å². The SMILES string of the molecule is COc1ncc(-c2ccc(CCC(=O)O)c(OC)c2)cn1. The fourth-order valence-electron chi connectivity index (χ4n) is 1.94. The molecule has 0 aliphatic carbocycles. The monoisotopic (exact) mass is 288 g/mol. The highest BCUT2D eigenvalue weighted by atomic mass is 16.5. The number of rotatable bonds is 6. The summed E-state index contributed by atoms with van der Waals surface area (Å²) in [6, 6.07) is 5.91. The van der Waals surface area contributed by atoms with Gasteiger partial charge in [-0.15, -0.1) is 0 Å². The van der Waals surface area contributed by atoms with Crippen molar-refractivity contribution in [1.29, 1.82) is 0 Å². The van der Waals surface area contributed by atoms with E-state index in [-0.39, 0.29) is 6.42 Å². The third kappa shape index (κ3) is 3.68. The number of nitrogens with zero attached hydrogens (tertiary/aromatic N) is 2. The number of ether oxygens (including phenoxy) is 2. The molecule has 1 heterocycles. The number of aryl methyl sites for hydroxylation is 1. The number of aliphatic carboxylic acids is 1. The zero-order valence-electron chi connectivity index (χ0n) is 11.9. The van der Waals surface area contributed by atoms with E-state index in [4.69, 9.17) is 14.6 Å². The number of carboxylic acid groups (broad SMARTS) is 1. The lowest BCUT2D eigenvalue weighted by Gasteiger charge is -2.10. The number of carboxylic acids is 1. The van der Waals surface area contributed by atoms with Gasteiger partial charge in [0.2, 0.25) is 0 Å². The molecule has 0 atom stereocenters. The van der Waals surface area contributed by atoms with Gasteiger partial charge in [-0.1, -0.05) is 12.1 Å². The maximum absolute atomic E-state index is 10.7. The Hall–Kier alpha value is -2.63. The van der Waals surface area contributed by atoms with E-state index in [1.165, 1.54) is 7.11 Å². The average Bonchev–Trinajstić information content (AvgIpc) is 2.52. The maximum atomic E-state index is 10.7. The van der Waals surface area contributed by atoms with Gasteiger partial charge < -0.3 is 14.6 Å². The predicted molar refractivity (Wildman–Crippen MR) is 76.5 cm³/mol. The van der Waals surface area contributed by atoms with Crippen molar-refractivity contribution in [1.82, 2.24) is 9.97 Å². The molecule has 0 amide bonds. The third-order valence-electron chi connectivity index (χ3n) is 3.04. The molecule has 0 aliphatic heterocycles. The first-order chi connectivity index (χ1) is 10.1. The summed E-state index contributed by atoms with van der Waals surface area (Å²) in [7, 11) is 3.07. The lowest BCUT2D eigenvalue weighted by atomic mass is 10.0. The molecule has 1 N–H and O–H groups in total. The van der Waals surface area contributed by atoms with E-state index in [2.05, 4.69) is 9.97 Å². The standard InChI is InChI=1S/C15H16N2O4/c1-20-13-7-11(4-3-10(13)5-6-14(18)19)12-8-16-15(21-2)17-9-12/h3-4,7-9H,5-6H2,1-2H3,(H,18,19). The van der Waals surface area contributed by atoms with Crippen molar-refractivity contribution in [3.8, 4) is 22.9 Å². The summed E-state index contributed by atoms with van der Waals surface area (Å²) < 4.78 is 10.2. The molecule has 0 bridgehead atoms. The number of benzene rings is 1. The first-order valence-corrected chi connectivity index (χ1v) is 6.39. The predicted octanol–water partition coefficient (Wildman–Crippen LogP) is 2.18. The van der Waals surface area contributed by atoms with E-state index in [1.807, 2.05) is 18.2 Å². The molecule has 0 radical (unpaired) electrons. The zero-order chi connectivity index (χ0) is 15.2. The van der Waals surface area contributed by atoms with E-state index in [0.717, 1.165) is 16.7 Å². The van der Waals surface area contributed by atoms with E-state index in [9.17, 15) is 4.79 Å². The Balaban J connectivity index is 2.26. The van der Waals surface area contributed by atoms with E-state index in [1.54, 1.807) is 19.5 Å². The molecule has 6 nitrogen and oxygen atoms in total. The summed E-state index contributed by atoms with van der Waals surface area (Å²) in [6.07, 6.45) is 3.83. The van der Waals surface area contributed by atoms with Gasteiger partial charge in [0.15, 0.2) is 0 Å². The molecule has 1 aromatic carbocycles. The summed E-state index contributed by atoms with van der Waals surface area (Å²) in [6.45, 7) is 0. The van der Waals surface area contributed by atoms with Gasteiger partial charge in [-0.3, -0.25) is 4.79 Å². The Morgan fingerprint density at radius 3 is 2.43 bits per heavy atom. The number of carbonyl (C=O) groups is 1. The highest BCUT2D eigenvalue weighted by Crippen LogP contribution is 2.27. The van der Waals surface area contributed by atoms with Gasteiger partial charge in [0, 0.05) is 24.4 Å². The zero-order valence-corrected chi connectivity index (χ0v) is 11.9. The highest BCUT2D eigenvalue weighted by molar-refractivity contribution is 5.68. The van der Waals surface area contributed by atoms with Crippen molar-refractivity contribution in [2.24, 2.45) is 0 Å². The number of hydrogen-bond donors (Lipinski definition) is 1. The van der Waals surface area contributed by atoms with Crippen molar-refractivity contribution >= 4 is 5.97 Å². The van der Waals surface area contributed by atoms with E-state index >= 15 is 0 Å². The van der Waals surface area contributed by atoms with Gasteiger partial charge in [0.1, 0.15) is 5.75 Å². The summed E-state index contributed by atoms with van der Waals surface area (Å²) in [5.41, 5.74) is 2.59. The number of hydrogen-bond acceptors (Lipinski definition) is 5. The summed E-state index contributed by atoms with van der Waals surface area (Å²) in [5, 5.41) is 8.75. The minimum atomic E-state index is -0.829. The molecule has 0 aliphatic rings. The average molecular weight is 288 g/mol. The molecule has 0 saturated heterocycles. The molecule has 2 aromatic rings. The molecule has 0 fully saturated rings. The first kappa shape index (κ1) is 14.8. The van der Waals surface area contributed by atoms with Gasteiger partial charge in [0.05, 0.1) is 14.2 Å². The summed E-state index contributed by atoms with van der Waals surface area (Å²) in [4.78, 5) is 18.8. The van der Waals surface area contributed by atoms with Gasteiger partial charge in [-0.2, -0.15) is 0 Å². The van der Waals surface area contributed by atoms with Crippen molar-refractivity contribution in [3.63, 3.8) is 0 Å². The fraction of sp³-hybridized carbons (Fsp3) is 0.267. The van der Waals surface area contributed by atoms with Crippen LogP contribution in [0.3, 0.4) is 0 Å². The molecule has 21 heavy (non-hydrogen) atoms. The molecule has 0 spiro atoms. The van der Waals surface area contributed by atoms with Gasteiger partial charge in [0.25, 0.3) is 0 Å². The van der Waals surface area contributed by atoms with Crippen LogP contribution in [-0.4, -0.2) is 35.3 Å². The Morgan fingerprint density at radius 2 is 1.86 bits per heavy atom. The lowest BCUT2D eigenvalue weighted by Crippen LogP contribution is -2.00. The molecular formula is C15H16N2O4. The summed E-state index contributed by atoms with van der Waals surface area (Å²) in [5.74, 6) is -0.172. The minimum absolute atomic E-state index is 0.0708. The lowest BCUT2D eigenvalue weighted by molar-refractivity contribution is -0.136. The topological polar surface area (TPSA) is 81.5 Å². The Kier molecular flexibility index (Phi) is 4.71. The first-order valence-electron chi connectivity index (χ1n) is 6.39. The van der Waals surface area contributed by atoms with Gasteiger partial charge in [-0.25, -0.2) is 9.97 Å². The molecule has 1 aromatic heterocycles. The van der Waals surface area contributed by atoms with Crippen LogP contribution in [0.1, 0.15) is 12.0 Å². The molecule has 0 unspecified atom stereocenters. The molecular weight excluding hydrogens is 272 g/mol. The maximum Gasteiger partial charge on any atom is 0.316 e. The van der Waals surface area contributed by atoms with Gasteiger partial charge in [-0.05, 0) is 23.6 Å². The third-order valence-corrected chi connectivity index (χ3v) is 3.04. The van der Waals surface area contributed by atoms with Crippen LogP contribution >= 0.6 is 0 Å². The molecule has 110 valence electrons. The van der Waals surface area contributed by atoms with E-state index < -0.39 is 5.97 Å². The Bertz CT molecular complexity index is 626. The number of methoxy groups -OCH3 is 2. The van der Waals surface area contributed by atoms with Crippen LogP contribution in [0.4, 0.5) is 0 Å². The van der Waals surface area contributed by atoms with Crippen molar-refractivity contribution in [2.45, 2.75) is 12.8 Å². The van der Waals surface area contributed by atoms with Crippen LogP contribution in [-0.2, 0) is 11.2 Å². The minimum Gasteiger partial charge on any atom is -0.496 e. The van der Waals surface area contributed by atoms with Crippen LogP contribution in [0.15, 0.2) is 30.6 Å². The van der Waals surface area contributed by atoms with Crippen LogP contribution in [0, 0.1) is 0 Å². The van der Waals surface area contributed by atoms with Gasteiger partial charge >= 0.3 is 12.0 Å². The van der Waals surface area contributed by atoms with Crippen molar-refractivity contribution < 1.29 is 19.4 Å². The van der Waals surface area contributed by atoms with Crippen LogP contribution < -0.4 is 9.47 Å². The number of aromatic nitrogens is 2. The summed E-state index contributed by atoms with van der Waals surface area (Å²) >= 11 is 0.